The summed E-state index contributed by atoms with van der Waals surface area (Å²) in [4.78, 5) is 16.2. The number of hydrogen-bond donors (Lipinski definition) is 0. The number of sulfonamides is 1. The van der Waals surface area contributed by atoms with E-state index in [4.69, 9.17) is 4.74 Å². The van der Waals surface area contributed by atoms with E-state index in [-0.39, 0.29) is 55.8 Å². The molecule has 0 spiro atoms. The third-order valence-electron chi connectivity index (χ3n) is 5.24. The van der Waals surface area contributed by atoms with Crippen molar-refractivity contribution in [3.8, 4) is 0 Å². The lowest BCUT2D eigenvalue weighted by molar-refractivity contribution is -0.127. The number of amides is 1. The zero-order valence-corrected chi connectivity index (χ0v) is 17.4. The van der Waals surface area contributed by atoms with Crippen LogP contribution >= 0.6 is 0 Å². The molecule has 13 heteroatoms. The van der Waals surface area contributed by atoms with Crippen LogP contribution in [0.5, 0.6) is 0 Å². The highest BCUT2D eigenvalue weighted by Crippen LogP contribution is 2.21. The second-order valence-electron chi connectivity index (χ2n) is 7.03. The van der Waals surface area contributed by atoms with Gasteiger partial charge in [-0.2, -0.15) is 17.0 Å². The first-order valence-corrected chi connectivity index (χ1v) is 12.4. The Morgan fingerprint density at radius 1 is 1.00 bits per heavy atom. The van der Waals surface area contributed by atoms with Gasteiger partial charge in [0.05, 0.1) is 24.5 Å². The van der Waals surface area contributed by atoms with Gasteiger partial charge in [-0.05, 0) is 12.2 Å². The molecule has 2 fully saturated rings. The first kappa shape index (κ1) is 20.5. The maximum Gasteiger partial charge on any atom is 0.282 e. The maximum atomic E-state index is 13.0. The van der Waals surface area contributed by atoms with Crippen LogP contribution in [0.2, 0.25) is 0 Å². The molecule has 160 valence electrons. The molecule has 29 heavy (non-hydrogen) atoms. The first-order chi connectivity index (χ1) is 13.8. The normalized spacial score (nSPS) is 25.9. The fourth-order valence-corrected chi connectivity index (χ4v) is 6.16. The molecule has 4 aliphatic heterocycles. The molecule has 0 bridgehead atoms. The number of hydrogen-bond acceptors (Lipinski definition) is 7. The van der Waals surface area contributed by atoms with E-state index in [2.05, 4.69) is 4.40 Å². The molecule has 0 atom stereocenters. The van der Waals surface area contributed by atoms with Crippen molar-refractivity contribution in [1.29, 1.82) is 0 Å². The van der Waals surface area contributed by atoms with Crippen molar-refractivity contribution < 1.29 is 26.4 Å². The zero-order chi connectivity index (χ0) is 20.6. The minimum Gasteiger partial charge on any atom is -0.379 e. The average Bonchev–Trinajstić information content (AvgIpc) is 2.73. The summed E-state index contributed by atoms with van der Waals surface area (Å²) >= 11 is 0. The van der Waals surface area contributed by atoms with Crippen LogP contribution in [-0.4, -0.2) is 112 Å². The fraction of sp³-hybridized carbons (Fsp3) is 0.625. The molecule has 11 nitrogen and oxygen atoms in total. The molecule has 1 amide bonds. The fourth-order valence-electron chi connectivity index (χ4n) is 3.62. The van der Waals surface area contributed by atoms with Crippen LogP contribution in [0.1, 0.15) is 0 Å². The van der Waals surface area contributed by atoms with Gasteiger partial charge in [-0.15, -0.1) is 4.40 Å². The highest BCUT2D eigenvalue weighted by Gasteiger charge is 2.37. The van der Waals surface area contributed by atoms with E-state index in [0.717, 1.165) is 0 Å². The molecular weight excluding hydrogens is 422 g/mol. The summed E-state index contributed by atoms with van der Waals surface area (Å²) in [6.45, 7) is 2.46. The van der Waals surface area contributed by atoms with Gasteiger partial charge in [0.1, 0.15) is 0 Å². The first-order valence-electron chi connectivity index (χ1n) is 9.38. The molecule has 0 saturated carbocycles. The number of ether oxygens (including phenoxy) is 1. The summed E-state index contributed by atoms with van der Waals surface area (Å²) in [6.07, 6.45) is 4.93. The highest BCUT2D eigenvalue weighted by atomic mass is 32.2. The number of allylic oxidation sites excluding steroid dienone is 2. The van der Waals surface area contributed by atoms with Crippen LogP contribution in [0.25, 0.3) is 0 Å². The van der Waals surface area contributed by atoms with Crippen LogP contribution in [0.15, 0.2) is 28.3 Å². The molecule has 4 aliphatic rings. The van der Waals surface area contributed by atoms with E-state index in [1.54, 1.807) is 23.3 Å². The summed E-state index contributed by atoms with van der Waals surface area (Å²) in [6, 6.07) is 0. The molecule has 0 aliphatic carbocycles. The number of piperazine rings is 1. The molecular formula is C16H23N5O6S2. The molecule has 0 aromatic heterocycles. The van der Waals surface area contributed by atoms with E-state index in [1.165, 1.54) is 13.5 Å². The van der Waals surface area contributed by atoms with E-state index < -0.39 is 20.2 Å². The van der Waals surface area contributed by atoms with Crippen LogP contribution < -0.4 is 0 Å². The lowest BCUT2D eigenvalue weighted by atomic mass is 10.1. The quantitative estimate of drug-likeness (QED) is 0.503. The Bertz CT molecular complexity index is 973. The van der Waals surface area contributed by atoms with Crippen molar-refractivity contribution in [3.05, 3.63) is 23.9 Å². The van der Waals surface area contributed by atoms with Crippen LogP contribution in [-0.2, 0) is 29.8 Å². The minimum atomic E-state index is -3.59. The van der Waals surface area contributed by atoms with E-state index in [1.807, 2.05) is 0 Å². The van der Waals surface area contributed by atoms with Crippen LogP contribution in [0.3, 0.4) is 0 Å². The number of carbonyl (C=O) groups is 1. The summed E-state index contributed by atoms with van der Waals surface area (Å²) in [5, 5.41) is 0. The predicted octanol–water partition coefficient (Wildman–Crippen LogP) is -1.79. The van der Waals surface area contributed by atoms with Gasteiger partial charge in [-0.3, -0.25) is 4.79 Å². The molecule has 4 heterocycles. The maximum absolute atomic E-state index is 13.0. The van der Waals surface area contributed by atoms with Gasteiger partial charge in [-0.25, -0.2) is 8.42 Å². The van der Waals surface area contributed by atoms with Crippen molar-refractivity contribution >= 4 is 32.0 Å². The SMILES string of the molecule is O=C(C1=CC=CN2CCS(=O)(=O)N=C12)N1CCN(S(=O)(=O)N2CCOCC2)CC1. The Morgan fingerprint density at radius 2 is 1.66 bits per heavy atom. The largest absolute Gasteiger partial charge is 0.379 e. The number of morpholine rings is 1. The third kappa shape index (κ3) is 4.10. The van der Waals surface area contributed by atoms with Gasteiger partial charge in [0.2, 0.25) is 0 Å². The molecule has 0 aromatic rings. The van der Waals surface area contributed by atoms with Gasteiger partial charge >= 0.3 is 0 Å². The van der Waals surface area contributed by atoms with Gasteiger partial charge in [-0.1, -0.05) is 0 Å². The Morgan fingerprint density at radius 3 is 2.34 bits per heavy atom. The van der Waals surface area contributed by atoms with E-state index >= 15 is 0 Å². The average molecular weight is 446 g/mol. The second-order valence-corrected chi connectivity index (χ2v) is 10.7. The summed E-state index contributed by atoms with van der Waals surface area (Å²) in [5.74, 6) is -0.314. The van der Waals surface area contributed by atoms with Gasteiger partial charge in [0.25, 0.3) is 26.1 Å². The van der Waals surface area contributed by atoms with Crippen LogP contribution in [0.4, 0.5) is 0 Å². The Balaban J connectivity index is 1.45. The second kappa shape index (κ2) is 7.80. The zero-order valence-electron chi connectivity index (χ0n) is 15.8. The van der Waals surface area contributed by atoms with Crippen molar-refractivity contribution in [2.75, 3.05) is 64.8 Å². The van der Waals surface area contributed by atoms with Crippen molar-refractivity contribution in [1.82, 2.24) is 18.4 Å². The number of nitrogens with zero attached hydrogens (tertiary/aromatic N) is 5. The molecule has 4 rings (SSSR count). The monoisotopic (exact) mass is 445 g/mol. The number of rotatable bonds is 3. The number of carbonyl (C=O) groups excluding carboxylic acids is 1. The third-order valence-corrected chi connectivity index (χ3v) is 8.42. The van der Waals surface area contributed by atoms with Crippen molar-refractivity contribution in [2.24, 2.45) is 4.40 Å². The molecule has 0 N–H and O–H groups in total. The van der Waals surface area contributed by atoms with Gasteiger partial charge in [0.15, 0.2) is 5.84 Å². The topological polar surface area (TPSA) is 120 Å². The lowest BCUT2D eigenvalue weighted by Gasteiger charge is -2.38. The Kier molecular flexibility index (Phi) is 5.50. The Labute approximate surface area is 170 Å². The van der Waals surface area contributed by atoms with Crippen LogP contribution in [0, 0.1) is 0 Å². The smallest absolute Gasteiger partial charge is 0.282 e. The number of amidine groups is 1. The van der Waals surface area contributed by atoms with E-state index in [0.29, 0.717) is 26.3 Å². The lowest BCUT2D eigenvalue weighted by Crippen LogP contribution is -2.56. The minimum absolute atomic E-state index is 0.0968. The van der Waals surface area contributed by atoms with Crippen molar-refractivity contribution in [2.45, 2.75) is 0 Å². The molecule has 2 saturated heterocycles. The highest BCUT2D eigenvalue weighted by molar-refractivity contribution is 7.90. The predicted molar refractivity (Wildman–Crippen MR) is 105 cm³/mol. The molecule has 0 aromatic carbocycles. The van der Waals surface area contributed by atoms with Gasteiger partial charge < -0.3 is 14.5 Å². The van der Waals surface area contributed by atoms with E-state index in [9.17, 15) is 21.6 Å². The summed E-state index contributed by atoms with van der Waals surface area (Å²) < 4.78 is 61.0. The molecule has 0 radical (unpaired) electrons. The summed E-state index contributed by atoms with van der Waals surface area (Å²) in [5.41, 5.74) is 0.209. The van der Waals surface area contributed by atoms with Crippen molar-refractivity contribution in [3.63, 3.8) is 0 Å². The molecule has 0 unspecified atom stereocenters. The summed E-state index contributed by atoms with van der Waals surface area (Å²) in [7, 11) is -7.18. The Hall–Kier alpha value is -1.80. The van der Waals surface area contributed by atoms with Gasteiger partial charge in [0, 0.05) is 52.0 Å². The number of fused-ring (bicyclic) bond motifs is 1. The standard InChI is InChI=1S/C16H23N5O6S2/c22-16(14-2-1-3-18-10-13-28(23,24)17-15(14)18)19-4-6-20(7-5-19)29(25,26)21-8-11-27-12-9-21/h1-3H,4-13H2.